The summed E-state index contributed by atoms with van der Waals surface area (Å²) in [6, 6.07) is 47.8. The van der Waals surface area contributed by atoms with Crippen LogP contribution in [0.1, 0.15) is 5.56 Å². The van der Waals surface area contributed by atoms with Gasteiger partial charge in [-0.25, -0.2) is 0 Å². The van der Waals surface area contributed by atoms with Crippen molar-refractivity contribution >= 4 is 91.3 Å². The number of fused-ring (bicyclic) bond motifs is 9. The molecule has 0 aliphatic rings. The Hall–Kier alpha value is -4.96. The monoisotopic (exact) mass is 600 g/mol. The van der Waals surface area contributed by atoms with Gasteiger partial charge in [-0.1, -0.05) is 115 Å². The molecule has 0 atom stereocenters. The molecular formula is C41H28OS2. The molecular weight excluding hydrogens is 573 g/mol. The molecule has 210 valence electrons. The van der Waals surface area contributed by atoms with Crippen molar-refractivity contribution in [2.24, 2.45) is 0 Å². The summed E-state index contributed by atoms with van der Waals surface area (Å²) in [5, 5.41) is 14.3. The molecule has 0 bridgehead atoms. The highest BCUT2D eigenvalue weighted by atomic mass is 32.1. The van der Waals surface area contributed by atoms with Crippen LogP contribution < -0.4 is 0 Å². The van der Waals surface area contributed by atoms with E-state index in [1.54, 1.807) is 24.7 Å². The molecule has 0 saturated heterocycles. The van der Waals surface area contributed by atoms with Crippen LogP contribution in [-0.2, 0) is 4.74 Å². The maximum Gasteiger partial charge on any atom is 0.0830 e. The van der Waals surface area contributed by atoms with Crippen LogP contribution in [0.15, 0.2) is 145 Å². The molecule has 0 radical (unpaired) electrons. The minimum Gasteiger partial charge on any atom is -0.504 e. The summed E-state index contributed by atoms with van der Waals surface area (Å²) in [5.41, 5.74) is 3.74. The molecule has 2 heterocycles. The summed E-state index contributed by atoms with van der Waals surface area (Å²) >= 11 is 3.68. The average molecular weight is 601 g/mol. The molecule has 0 saturated carbocycles. The summed E-state index contributed by atoms with van der Waals surface area (Å²) in [7, 11) is 1.68. The zero-order chi connectivity index (χ0) is 29.5. The van der Waals surface area contributed by atoms with E-state index in [-0.39, 0.29) is 0 Å². The van der Waals surface area contributed by atoms with Crippen LogP contribution in [-0.4, -0.2) is 7.11 Å². The molecule has 0 spiro atoms. The zero-order valence-electron chi connectivity index (χ0n) is 24.2. The van der Waals surface area contributed by atoms with Crippen LogP contribution in [0.25, 0.3) is 79.8 Å². The first-order chi connectivity index (χ1) is 21.8. The van der Waals surface area contributed by atoms with Gasteiger partial charge in [-0.3, -0.25) is 0 Å². The minimum absolute atomic E-state index is 1.18. The smallest absolute Gasteiger partial charge is 0.0830 e. The highest BCUT2D eigenvalue weighted by Crippen LogP contribution is 2.42. The van der Waals surface area contributed by atoms with E-state index in [2.05, 4.69) is 139 Å². The summed E-state index contributed by atoms with van der Waals surface area (Å²) in [6.45, 7) is 0. The number of benzene rings is 7. The van der Waals surface area contributed by atoms with Gasteiger partial charge >= 0.3 is 0 Å². The standard InChI is InChI=1S/C21H16OS.C20H12S/c1-22-13-12-16-11-10-15-6-2-3-7-17(15)21(16)19-14-23-20-9-5-4-8-18(19)20;1-2-6-15-13(5-1)9-10-14-11-12-18-20(19(14)15)16-7-3-4-8-17(16)21-18/h2-14H,1H3;1-12H. The van der Waals surface area contributed by atoms with Crippen molar-refractivity contribution in [1.82, 2.24) is 0 Å². The summed E-state index contributed by atoms with van der Waals surface area (Å²) < 4.78 is 9.20. The largest absolute Gasteiger partial charge is 0.504 e. The molecule has 2 aromatic heterocycles. The van der Waals surface area contributed by atoms with Gasteiger partial charge in [-0.15, -0.1) is 22.7 Å². The third-order valence-electron chi connectivity index (χ3n) is 8.34. The average Bonchev–Trinajstić information content (AvgIpc) is 3.69. The lowest BCUT2D eigenvalue weighted by atomic mass is 9.93. The predicted octanol–water partition coefficient (Wildman–Crippen LogP) is 12.7. The molecule has 3 heteroatoms. The highest BCUT2D eigenvalue weighted by molar-refractivity contribution is 7.26. The normalized spacial score (nSPS) is 11.7. The van der Waals surface area contributed by atoms with E-state index < -0.39 is 0 Å². The van der Waals surface area contributed by atoms with Crippen LogP contribution in [0, 0.1) is 0 Å². The van der Waals surface area contributed by atoms with Crippen LogP contribution in [0.2, 0.25) is 0 Å². The van der Waals surface area contributed by atoms with E-state index in [1.807, 2.05) is 17.4 Å². The van der Waals surface area contributed by atoms with Gasteiger partial charge in [0.2, 0.25) is 0 Å². The molecule has 0 fully saturated rings. The van der Waals surface area contributed by atoms with Crippen molar-refractivity contribution in [3.63, 3.8) is 0 Å². The van der Waals surface area contributed by atoms with Gasteiger partial charge in [0.15, 0.2) is 0 Å². The Kier molecular flexibility index (Phi) is 6.83. The van der Waals surface area contributed by atoms with Crippen molar-refractivity contribution in [1.29, 1.82) is 0 Å². The fourth-order valence-corrected chi connectivity index (χ4v) is 8.42. The van der Waals surface area contributed by atoms with Crippen molar-refractivity contribution < 1.29 is 4.74 Å². The molecule has 0 aliphatic heterocycles. The third-order valence-corrected chi connectivity index (χ3v) is 10.4. The second kappa shape index (κ2) is 11.3. The molecule has 0 N–H and O–H groups in total. The van der Waals surface area contributed by atoms with Crippen molar-refractivity contribution in [3.8, 4) is 11.1 Å². The van der Waals surface area contributed by atoms with Crippen LogP contribution in [0.5, 0.6) is 0 Å². The van der Waals surface area contributed by atoms with Crippen molar-refractivity contribution in [2.45, 2.75) is 0 Å². The first kappa shape index (κ1) is 26.7. The van der Waals surface area contributed by atoms with Crippen molar-refractivity contribution in [2.75, 3.05) is 7.11 Å². The fourth-order valence-electron chi connectivity index (χ4n) is 6.35. The second-order valence-corrected chi connectivity index (χ2v) is 12.9. The van der Waals surface area contributed by atoms with Gasteiger partial charge in [0.25, 0.3) is 0 Å². The second-order valence-electron chi connectivity index (χ2n) is 10.9. The van der Waals surface area contributed by atoms with Gasteiger partial charge in [0.05, 0.1) is 13.4 Å². The number of rotatable bonds is 3. The van der Waals surface area contributed by atoms with Gasteiger partial charge in [0, 0.05) is 35.8 Å². The first-order valence-corrected chi connectivity index (χ1v) is 16.4. The van der Waals surface area contributed by atoms with E-state index in [9.17, 15) is 0 Å². The van der Waals surface area contributed by atoms with E-state index in [0.717, 1.165) is 0 Å². The topological polar surface area (TPSA) is 9.23 Å². The predicted molar refractivity (Wildman–Crippen MR) is 195 cm³/mol. The number of thiophene rings is 2. The summed E-state index contributed by atoms with van der Waals surface area (Å²) in [6.07, 6.45) is 3.77. The fraction of sp³-hybridized carbons (Fsp3) is 0.0244. The first-order valence-electron chi connectivity index (χ1n) is 14.7. The summed E-state index contributed by atoms with van der Waals surface area (Å²) in [5.74, 6) is 0. The Bertz CT molecular complexity index is 2490. The number of ether oxygens (including phenoxy) is 1. The number of methoxy groups -OCH3 is 1. The van der Waals surface area contributed by atoms with Crippen molar-refractivity contribution in [3.05, 3.63) is 151 Å². The van der Waals surface area contributed by atoms with Gasteiger partial charge < -0.3 is 4.74 Å². The molecule has 7 aromatic carbocycles. The molecule has 0 aliphatic carbocycles. The quantitative estimate of drug-likeness (QED) is 0.145. The summed E-state index contributed by atoms with van der Waals surface area (Å²) in [4.78, 5) is 0. The van der Waals surface area contributed by atoms with Crippen LogP contribution >= 0.6 is 22.7 Å². The lowest BCUT2D eigenvalue weighted by Crippen LogP contribution is -1.86. The van der Waals surface area contributed by atoms with Gasteiger partial charge in [-0.05, 0) is 73.1 Å². The Morgan fingerprint density at radius 3 is 1.93 bits per heavy atom. The van der Waals surface area contributed by atoms with Gasteiger partial charge in [-0.2, -0.15) is 0 Å². The van der Waals surface area contributed by atoms with Crippen LogP contribution in [0.4, 0.5) is 0 Å². The van der Waals surface area contributed by atoms with E-state index in [4.69, 9.17) is 4.74 Å². The SMILES string of the molecule is COC=Cc1ccc2ccccc2c1-c1csc2ccccc12.c1ccc2c(c1)ccc1ccc3sc4ccccc4c3c12. The zero-order valence-corrected chi connectivity index (χ0v) is 25.8. The molecule has 44 heavy (non-hydrogen) atoms. The Balaban J connectivity index is 0.000000132. The van der Waals surface area contributed by atoms with E-state index in [1.165, 1.54) is 79.3 Å². The van der Waals surface area contributed by atoms with Gasteiger partial charge in [0.1, 0.15) is 0 Å². The number of hydrogen-bond donors (Lipinski definition) is 0. The maximum absolute atomic E-state index is 5.14. The Morgan fingerprint density at radius 1 is 0.500 bits per heavy atom. The maximum atomic E-state index is 5.14. The molecule has 0 unspecified atom stereocenters. The Morgan fingerprint density at radius 2 is 1.11 bits per heavy atom. The molecule has 0 amide bonds. The minimum atomic E-state index is 1.18. The Labute approximate surface area is 263 Å². The number of hydrogen-bond acceptors (Lipinski definition) is 3. The lowest BCUT2D eigenvalue weighted by molar-refractivity contribution is 0.341. The van der Waals surface area contributed by atoms with E-state index in [0.29, 0.717) is 0 Å². The van der Waals surface area contributed by atoms with E-state index >= 15 is 0 Å². The molecule has 1 nitrogen and oxygen atoms in total. The molecule has 9 aromatic rings. The lowest BCUT2D eigenvalue weighted by Gasteiger charge is -2.10. The molecule has 9 rings (SSSR count). The van der Waals surface area contributed by atoms with Crippen LogP contribution in [0.3, 0.4) is 0 Å². The third kappa shape index (κ3) is 4.53. The highest BCUT2D eigenvalue weighted by Gasteiger charge is 2.13.